The maximum absolute atomic E-state index is 12.8. The largest absolute Gasteiger partial charge is 0.459 e. The molecule has 3 saturated carbocycles. The number of esters is 1. The Morgan fingerprint density at radius 3 is 2.65 bits per heavy atom. The third-order valence-electron chi connectivity index (χ3n) is 11.5. The van der Waals surface area contributed by atoms with Crippen molar-refractivity contribution >= 4 is 28.6 Å². The molecule has 0 amide bonds. The molecule has 204 valence electrons. The number of ether oxygens (including phenoxy) is 1. The minimum atomic E-state index is -0.145. The van der Waals surface area contributed by atoms with E-state index in [-0.39, 0.29) is 12.1 Å². The van der Waals surface area contributed by atoms with Gasteiger partial charge in [-0.15, -0.1) is 0 Å². The van der Waals surface area contributed by atoms with Crippen LogP contribution < -0.4 is 0 Å². The third kappa shape index (κ3) is 5.33. The number of carbonyl (C=O) groups is 1. The molecule has 0 radical (unpaired) electrons. The van der Waals surface area contributed by atoms with Crippen molar-refractivity contribution in [2.75, 3.05) is 0 Å². The Kier molecular flexibility index (Phi) is 8.22. The Hall–Kier alpha value is -0.840. The zero-order valence-corrected chi connectivity index (χ0v) is 26.1. The molecule has 0 saturated heterocycles. The predicted molar refractivity (Wildman–Crippen MR) is 161 cm³/mol. The van der Waals surface area contributed by atoms with Gasteiger partial charge in [0.2, 0.25) is 0 Å². The molecule has 0 spiro atoms. The van der Waals surface area contributed by atoms with Gasteiger partial charge in [0.25, 0.3) is 0 Å². The van der Waals surface area contributed by atoms with E-state index in [1.807, 2.05) is 29.8 Å². The van der Waals surface area contributed by atoms with E-state index in [0.717, 1.165) is 46.0 Å². The molecule has 1 aromatic rings. The highest BCUT2D eigenvalue weighted by atomic mass is 127. The highest BCUT2D eigenvalue weighted by Crippen LogP contribution is 2.66. The second-order valence-electron chi connectivity index (χ2n) is 14.1. The van der Waals surface area contributed by atoms with Gasteiger partial charge in [0, 0.05) is 3.57 Å². The SMILES string of the molecule is CC(C)CCC[C@@H](C)[C@H]1CC[C@H]2[C@@H]3CCC4C[C@H](OC(=O)c5cccc(I)c5)CC[C@]4(C)C3=CC[C@]12C. The van der Waals surface area contributed by atoms with E-state index in [2.05, 4.69) is 63.3 Å². The molecule has 0 N–H and O–H groups in total. The van der Waals surface area contributed by atoms with Crippen LogP contribution in [0.5, 0.6) is 0 Å². The lowest BCUT2D eigenvalue weighted by Gasteiger charge is -2.57. The average molecular weight is 617 g/mol. The quantitative estimate of drug-likeness (QED) is 0.173. The molecule has 8 atom stereocenters. The van der Waals surface area contributed by atoms with Crippen molar-refractivity contribution in [3.63, 3.8) is 0 Å². The van der Waals surface area contributed by atoms with Gasteiger partial charge >= 0.3 is 5.97 Å². The summed E-state index contributed by atoms with van der Waals surface area (Å²) in [6.07, 6.45) is 17.0. The van der Waals surface area contributed by atoms with Crippen molar-refractivity contribution in [1.82, 2.24) is 0 Å². The van der Waals surface area contributed by atoms with Crippen LogP contribution in [0.2, 0.25) is 0 Å². The molecular weight excluding hydrogens is 567 g/mol. The van der Waals surface area contributed by atoms with Crippen molar-refractivity contribution < 1.29 is 9.53 Å². The first-order valence-corrected chi connectivity index (χ1v) is 16.4. The Morgan fingerprint density at radius 2 is 1.89 bits per heavy atom. The zero-order chi connectivity index (χ0) is 26.4. The zero-order valence-electron chi connectivity index (χ0n) is 23.9. The van der Waals surface area contributed by atoms with Gasteiger partial charge in [-0.1, -0.05) is 71.6 Å². The number of hydrogen-bond donors (Lipinski definition) is 0. The Bertz CT molecular complexity index is 1010. The van der Waals surface area contributed by atoms with Crippen LogP contribution in [0.1, 0.15) is 116 Å². The van der Waals surface area contributed by atoms with E-state index in [4.69, 9.17) is 4.74 Å². The summed E-state index contributed by atoms with van der Waals surface area (Å²) in [4.78, 5) is 12.8. The molecule has 37 heavy (non-hydrogen) atoms. The summed E-state index contributed by atoms with van der Waals surface area (Å²) in [5.74, 6) is 4.74. The molecule has 1 unspecified atom stereocenters. The van der Waals surface area contributed by atoms with Gasteiger partial charge in [-0.2, -0.15) is 0 Å². The van der Waals surface area contributed by atoms with Crippen LogP contribution in [0, 0.1) is 49.9 Å². The van der Waals surface area contributed by atoms with E-state index >= 15 is 0 Å². The topological polar surface area (TPSA) is 26.3 Å². The molecule has 0 aromatic heterocycles. The predicted octanol–water partition coefficient (Wildman–Crippen LogP) is 9.86. The van der Waals surface area contributed by atoms with Gasteiger partial charge in [0.1, 0.15) is 6.10 Å². The van der Waals surface area contributed by atoms with E-state index in [1.54, 1.807) is 0 Å². The first kappa shape index (κ1) is 27.7. The Morgan fingerprint density at radius 1 is 1.08 bits per heavy atom. The lowest BCUT2D eigenvalue weighted by atomic mass is 9.48. The number of allylic oxidation sites excluding steroid dienone is 2. The normalized spacial score (nSPS) is 37.8. The van der Waals surface area contributed by atoms with E-state index < -0.39 is 0 Å². The fourth-order valence-electron chi connectivity index (χ4n) is 9.45. The van der Waals surface area contributed by atoms with E-state index in [1.165, 1.54) is 57.8 Å². The molecule has 2 nitrogen and oxygen atoms in total. The van der Waals surface area contributed by atoms with Crippen LogP contribution in [0.25, 0.3) is 0 Å². The average Bonchev–Trinajstić information content (AvgIpc) is 3.21. The van der Waals surface area contributed by atoms with Gasteiger partial charge in [0.05, 0.1) is 5.56 Å². The number of rotatable bonds is 7. The number of halogens is 1. The Balaban J connectivity index is 1.25. The summed E-state index contributed by atoms with van der Waals surface area (Å²) < 4.78 is 7.15. The second kappa shape index (κ2) is 11.0. The summed E-state index contributed by atoms with van der Waals surface area (Å²) in [5, 5.41) is 0. The molecule has 4 aliphatic carbocycles. The Labute approximate surface area is 239 Å². The summed E-state index contributed by atoms with van der Waals surface area (Å²) in [7, 11) is 0. The second-order valence-corrected chi connectivity index (χ2v) is 15.3. The third-order valence-corrected chi connectivity index (χ3v) is 12.2. The minimum absolute atomic E-state index is 0.0667. The highest BCUT2D eigenvalue weighted by Gasteiger charge is 2.57. The molecule has 0 heterocycles. The van der Waals surface area contributed by atoms with Crippen LogP contribution in [0.4, 0.5) is 0 Å². The van der Waals surface area contributed by atoms with Crippen molar-refractivity contribution in [3.05, 3.63) is 45.0 Å². The van der Waals surface area contributed by atoms with Gasteiger partial charge in [-0.3, -0.25) is 0 Å². The van der Waals surface area contributed by atoms with Crippen molar-refractivity contribution in [1.29, 1.82) is 0 Å². The molecule has 0 aliphatic heterocycles. The van der Waals surface area contributed by atoms with Gasteiger partial charge in [0.15, 0.2) is 0 Å². The lowest BCUT2D eigenvalue weighted by Crippen LogP contribution is -2.49. The molecule has 4 aliphatic rings. The summed E-state index contributed by atoms with van der Waals surface area (Å²) in [6, 6.07) is 7.78. The first-order chi connectivity index (χ1) is 17.6. The number of fused-ring (bicyclic) bond motifs is 5. The van der Waals surface area contributed by atoms with Gasteiger partial charge in [-0.25, -0.2) is 4.79 Å². The van der Waals surface area contributed by atoms with Crippen LogP contribution >= 0.6 is 22.6 Å². The highest BCUT2D eigenvalue weighted by molar-refractivity contribution is 14.1. The summed E-state index contributed by atoms with van der Waals surface area (Å²) in [6.45, 7) is 12.5. The van der Waals surface area contributed by atoms with Crippen molar-refractivity contribution in [3.8, 4) is 0 Å². The molecule has 5 rings (SSSR count). The fourth-order valence-corrected chi connectivity index (χ4v) is 9.99. The van der Waals surface area contributed by atoms with Crippen molar-refractivity contribution in [2.45, 2.75) is 111 Å². The molecule has 1 aromatic carbocycles. The van der Waals surface area contributed by atoms with E-state index in [9.17, 15) is 4.79 Å². The van der Waals surface area contributed by atoms with Gasteiger partial charge in [-0.05, 0) is 138 Å². The smallest absolute Gasteiger partial charge is 0.338 e. The van der Waals surface area contributed by atoms with E-state index in [0.29, 0.717) is 22.3 Å². The number of carbonyl (C=O) groups excluding carboxylic acids is 1. The molecular formula is C34H49IO2. The van der Waals surface area contributed by atoms with Gasteiger partial charge < -0.3 is 4.74 Å². The lowest BCUT2D eigenvalue weighted by molar-refractivity contribution is -0.0314. The standard InChI is InChI=1S/C34H49IO2/c1-22(2)8-6-9-23(3)29-14-15-30-28-13-12-25-21-27(37-32(36)24-10-7-11-26(35)20-24)16-18-33(25,4)31(28)17-19-34(29,30)5/h7,10-11,17,20,22-23,25,27-30H,6,8-9,12-16,18-19,21H2,1-5H3/t23-,25?,27-,28+,29-,30+,33+,34-/m1/s1. The maximum atomic E-state index is 12.8. The van der Waals surface area contributed by atoms with Crippen molar-refractivity contribution in [2.24, 2.45) is 46.3 Å². The van der Waals surface area contributed by atoms with Crippen LogP contribution in [-0.2, 0) is 4.74 Å². The minimum Gasteiger partial charge on any atom is -0.459 e. The summed E-state index contributed by atoms with van der Waals surface area (Å²) >= 11 is 2.26. The monoisotopic (exact) mass is 616 g/mol. The fraction of sp³-hybridized carbons (Fsp3) is 0.735. The molecule has 3 fully saturated rings. The first-order valence-electron chi connectivity index (χ1n) is 15.3. The number of hydrogen-bond acceptors (Lipinski definition) is 2. The molecule has 0 bridgehead atoms. The van der Waals surface area contributed by atoms with Crippen LogP contribution in [-0.4, -0.2) is 12.1 Å². The molecule has 3 heteroatoms. The maximum Gasteiger partial charge on any atom is 0.338 e. The van der Waals surface area contributed by atoms with Crippen LogP contribution in [0.15, 0.2) is 35.9 Å². The summed E-state index contributed by atoms with van der Waals surface area (Å²) in [5.41, 5.74) is 3.29. The van der Waals surface area contributed by atoms with Crippen LogP contribution in [0.3, 0.4) is 0 Å². The number of benzene rings is 1.